The Labute approximate surface area is 207 Å². The number of aryl methyl sites for hydroxylation is 1. The first-order valence-electron chi connectivity index (χ1n) is 12.4. The summed E-state index contributed by atoms with van der Waals surface area (Å²) < 4.78 is 5.86. The molecule has 8 heteroatoms. The fourth-order valence-corrected chi connectivity index (χ4v) is 5.49. The number of carbonyl (C=O) groups excluding carboxylic acids is 2. The second kappa shape index (κ2) is 11.0. The third-order valence-electron chi connectivity index (χ3n) is 7.58. The van der Waals surface area contributed by atoms with Crippen LogP contribution in [0.4, 0.5) is 0 Å². The number of hydrogen-bond acceptors (Lipinski definition) is 8. The lowest BCUT2D eigenvalue weighted by Gasteiger charge is -2.34. The van der Waals surface area contributed by atoms with Gasteiger partial charge in [-0.05, 0) is 44.3 Å². The number of hydrogen-bond donors (Lipinski definition) is 3. The van der Waals surface area contributed by atoms with E-state index in [0.29, 0.717) is 12.5 Å². The van der Waals surface area contributed by atoms with Crippen molar-refractivity contribution in [3.05, 3.63) is 21.7 Å². The zero-order chi connectivity index (χ0) is 25.2. The molecule has 1 unspecified atom stereocenters. The molecule has 2 fully saturated rings. The van der Waals surface area contributed by atoms with Gasteiger partial charge in [-0.15, -0.1) is 11.3 Å². The average Bonchev–Trinajstić information content (AvgIpc) is 3.38. The highest BCUT2D eigenvalue weighted by atomic mass is 32.1. The molecule has 2 aliphatic heterocycles. The van der Waals surface area contributed by atoms with Crippen LogP contribution in [0.2, 0.25) is 0 Å². The van der Waals surface area contributed by atoms with Crippen molar-refractivity contribution in [3.63, 3.8) is 0 Å². The third kappa shape index (κ3) is 6.53. The van der Waals surface area contributed by atoms with Crippen LogP contribution in [0.5, 0.6) is 0 Å². The number of carbonyl (C=O) groups is 2. The molecule has 34 heavy (non-hydrogen) atoms. The Hall–Kier alpha value is -1.61. The quantitative estimate of drug-likeness (QED) is 0.426. The van der Waals surface area contributed by atoms with Crippen molar-refractivity contribution in [2.75, 3.05) is 0 Å². The van der Waals surface area contributed by atoms with Gasteiger partial charge >= 0.3 is 5.97 Å². The highest BCUT2D eigenvalue weighted by Gasteiger charge is 2.43. The third-order valence-corrected chi connectivity index (χ3v) is 8.37. The Balaban J connectivity index is 1.81. The minimum Gasteiger partial charge on any atom is -0.458 e. The van der Waals surface area contributed by atoms with Gasteiger partial charge in [0.05, 0.1) is 34.7 Å². The molecule has 0 aliphatic carbocycles. The summed E-state index contributed by atoms with van der Waals surface area (Å²) in [6, 6.07) is 0.615. The van der Waals surface area contributed by atoms with E-state index >= 15 is 0 Å². The van der Waals surface area contributed by atoms with Crippen molar-refractivity contribution < 1.29 is 24.5 Å². The molecule has 1 aromatic heterocycles. The number of Topliss-reactive ketones (excluding diaryl/α,β-unsaturated/α-hetero) is 1. The van der Waals surface area contributed by atoms with Gasteiger partial charge in [0.25, 0.3) is 0 Å². The van der Waals surface area contributed by atoms with Crippen molar-refractivity contribution in [2.24, 2.45) is 17.3 Å². The van der Waals surface area contributed by atoms with E-state index in [1.807, 2.05) is 32.2 Å². The topological polar surface area (TPSA) is 119 Å². The van der Waals surface area contributed by atoms with E-state index in [-0.39, 0.29) is 24.2 Å². The molecule has 2 aliphatic rings. The zero-order valence-corrected chi connectivity index (χ0v) is 22.0. The van der Waals surface area contributed by atoms with E-state index < -0.39 is 35.6 Å². The summed E-state index contributed by atoms with van der Waals surface area (Å²) in [5.74, 6) is -1.43. The lowest BCUT2D eigenvalue weighted by molar-refractivity contribution is -0.154. The first-order valence-corrected chi connectivity index (χ1v) is 13.2. The van der Waals surface area contributed by atoms with Gasteiger partial charge in [-0.25, -0.2) is 4.98 Å². The molecule has 0 aromatic carbocycles. The normalized spacial score (nSPS) is 36.0. The van der Waals surface area contributed by atoms with Gasteiger partial charge in [-0.1, -0.05) is 34.1 Å². The lowest BCUT2D eigenvalue weighted by Crippen LogP contribution is -2.45. The van der Waals surface area contributed by atoms with Crippen molar-refractivity contribution in [3.8, 4) is 0 Å². The average molecular weight is 493 g/mol. The molecule has 0 amide bonds. The number of rotatable bonds is 2. The van der Waals surface area contributed by atoms with Gasteiger partial charge in [0.15, 0.2) is 0 Å². The monoisotopic (exact) mass is 492 g/mol. The Morgan fingerprint density at radius 2 is 1.94 bits per heavy atom. The molecule has 0 radical (unpaired) electrons. The number of cyclic esters (lactones) is 1. The molecule has 0 bridgehead atoms. The second-order valence-corrected chi connectivity index (χ2v) is 11.8. The minimum atomic E-state index is -1.21. The maximum Gasteiger partial charge on any atom is 0.309 e. The predicted molar refractivity (Wildman–Crippen MR) is 133 cm³/mol. The molecule has 1 aromatic rings. The fraction of sp³-hybridized carbons (Fsp3) is 0.731. The molecule has 190 valence electrons. The number of aliphatic hydroxyl groups is 2. The standard InChI is InChI=1S/C26H40N2O5S/c1-14-8-7-9-19-20(28-19)11-21(15(2)10-18-13-34-17(4)27-18)33-23(30)12-22(29)26(5,6)25(32)16(3)24(14)31/h10,13-14,16,19-22,24,28-29,31H,7-9,11-12H2,1-6H3/t14-,16-,19?,20-,21+,22+,24+/m0/s1. The summed E-state index contributed by atoms with van der Waals surface area (Å²) in [6.07, 6.45) is 2.64. The number of ether oxygens (including phenoxy) is 1. The van der Waals surface area contributed by atoms with Crippen LogP contribution < -0.4 is 5.32 Å². The summed E-state index contributed by atoms with van der Waals surface area (Å²) in [7, 11) is 0. The summed E-state index contributed by atoms with van der Waals surface area (Å²) >= 11 is 1.57. The molecule has 0 saturated carbocycles. The molecule has 7 atom stereocenters. The number of nitrogens with zero attached hydrogens (tertiary/aromatic N) is 1. The largest absolute Gasteiger partial charge is 0.458 e. The van der Waals surface area contributed by atoms with Crippen LogP contribution in [0, 0.1) is 24.2 Å². The second-order valence-electron chi connectivity index (χ2n) is 10.8. The lowest BCUT2D eigenvalue weighted by atomic mass is 9.73. The summed E-state index contributed by atoms with van der Waals surface area (Å²) in [4.78, 5) is 30.5. The number of aromatic nitrogens is 1. The smallest absolute Gasteiger partial charge is 0.309 e. The molecule has 2 saturated heterocycles. The number of nitrogens with one attached hydrogen (secondary N) is 1. The summed E-state index contributed by atoms with van der Waals surface area (Å²) in [6.45, 7) is 10.8. The van der Waals surface area contributed by atoms with Crippen LogP contribution in [0.15, 0.2) is 11.0 Å². The van der Waals surface area contributed by atoms with Crippen molar-refractivity contribution in [1.29, 1.82) is 0 Å². The molecule has 3 N–H and O–H groups in total. The highest BCUT2D eigenvalue weighted by molar-refractivity contribution is 7.09. The van der Waals surface area contributed by atoms with Crippen LogP contribution in [-0.2, 0) is 14.3 Å². The van der Waals surface area contributed by atoms with E-state index in [9.17, 15) is 19.8 Å². The highest BCUT2D eigenvalue weighted by Crippen LogP contribution is 2.33. The molecule has 3 heterocycles. The van der Waals surface area contributed by atoms with Gasteiger partial charge < -0.3 is 20.3 Å². The Morgan fingerprint density at radius 1 is 1.24 bits per heavy atom. The van der Waals surface area contributed by atoms with Crippen LogP contribution in [0.1, 0.15) is 77.4 Å². The van der Waals surface area contributed by atoms with Crippen LogP contribution in [0.25, 0.3) is 6.08 Å². The minimum absolute atomic E-state index is 0.0264. The molecule has 7 nitrogen and oxygen atoms in total. The molecular weight excluding hydrogens is 452 g/mol. The molecular formula is C26H40N2O5S. The van der Waals surface area contributed by atoms with Gasteiger partial charge in [0.1, 0.15) is 11.9 Å². The van der Waals surface area contributed by atoms with Gasteiger partial charge in [0.2, 0.25) is 0 Å². The SMILES string of the molecule is CC(=Cc1csc(C)n1)[C@H]1C[C@@H]2NC2CCC[C@H](C)[C@@H](O)[C@H](C)C(=O)C(C)(C)[C@H](O)CC(=O)O1. The fourth-order valence-electron chi connectivity index (χ4n) is 4.92. The van der Waals surface area contributed by atoms with Gasteiger partial charge in [0, 0.05) is 29.8 Å². The maximum absolute atomic E-state index is 13.2. The van der Waals surface area contributed by atoms with Crippen LogP contribution >= 0.6 is 11.3 Å². The summed E-state index contributed by atoms with van der Waals surface area (Å²) in [5, 5.41) is 28.1. The Kier molecular flexibility index (Phi) is 8.71. The van der Waals surface area contributed by atoms with E-state index in [4.69, 9.17) is 4.74 Å². The van der Waals surface area contributed by atoms with E-state index in [0.717, 1.165) is 35.5 Å². The zero-order valence-electron chi connectivity index (χ0n) is 21.2. The first kappa shape index (κ1) is 27.0. The van der Waals surface area contributed by atoms with E-state index in [1.54, 1.807) is 32.1 Å². The van der Waals surface area contributed by atoms with Gasteiger partial charge in [-0.3, -0.25) is 9.59 Å². The number of thiazole rings is 1. The van der Waals surface area contributed by atoms with Gasteiger partial charge in [-0.2, -0.15) is 0 Å². The van der Waals surface area contributed by atoms with Crippen molar-refractivity contribution >= 4 is 29.2 Å². The van der Waals surface area contributed by atoms with E-state index in [1.165, 1.54) is 0 Å². The van der Waals surface area contributed by atoms with Crippen LogP contribution in [-0.4, -0.2) is 57.3 Å². The van der Waals surface area contributed by atoms with Crippen LogP contribution in [0.3, 0.4) is 0 Å². The predicted octanol–water partition coefficient (Wildman–Crippen LogP) is 3.66. The van der Waals surface area contributed by atoms with Crippen molar-refractivity contribution in [2.45, 2.75) is 104 Å². The Bertz CT molecular complexity index is 911. The molecule has 3 rings (SSSR count). The Morgan fingerprint density at radius 3 is 2.59 bits per heavy atom. The number of fused-ring (bicyclic) bond motifs is 1. The van der Waals surface area contributed by atoms with E-state index in [2.05, 4.69) is 10.3 Å². The number of aliphatic hydroxyl groups excluding tert-OH is 2. The first-order chi connectivity index (χ1) is 15.9. The molecule has 0 spiro atoms. The number of esters is 1. The maximum atomic E-state index is 13.2. The number of ketones is 1. The summed E-state index contributed by atoms with van der Waals surface area (Å²) in [5.41, 5.74) is 0.567. The van der Waals surface area contributed by atoms with Crippen molar-refractivity contribution in [1.82, 2.24) is 10.3 Å².